The SMILES string of the molecule is COC(=O)CCCc1ccccc1CC1=CC(O)CC1=O. The highest BCUT2D eigenvalue weighted by Gasteiger charge is 2.22. The number of hydrogen-bond donors (Lipinski definition) is 1. The molecule has 0 saturated carbocycles. The summed E-state index contributed by atoms with van der Waals surface area (Å²) in [5, 5.41) is 9.50. The Kier molecular flexibility index (Phi) is 5.28. The molecule has 1 aliphatic carbocycles. The van der Waals surface area contributed by atoms with E-state index in [2.05, 4.69) is 4.74 Å². The van der Waals surface area contributed by atoms with Crippen LogP contribution in [0.5, 0.6) is 0 Å². The highest BCUT2D eigenvalue weighted by Crippen LogP contribution is 2.22. The molecule has 1 aliphatic rings. The largest absolute Gasteiger partial charge is 0.469 e. The lowest BCUT2D eigenvalue weighted by Gasteiger charge is -2.09. The molecular weight excluding hydrogens is 268 g/mol. The smallest absolute Gasteiger partial charge is 0.305 e. The fourth-order valence-electron chi connectivity index (χ4n) is 2.57. The van der Waals surface area contributed by atoms with Crippen LogP contribution in [0, 0.1) is 0 Å². The van der Waals surface area contributed by atoms with Crippen molar-refractivity contribution >= 4 is 11.8 Å². The number of Topliss-reactive ketones (excluding diaryl/α,β-unsaturated/α-hetero) is 1. The molecule has 0 saturated heterocycles. The van der Waals surface area contributed by atoms with Crippen molar-refractivity contribution < 1.29 is 19.4 Å². The minimum Gasteiger partial charge on any atom is -0.469 e. The summed E-state index contributed by atoms with van der Waals surface area (Å²) < 4.78 is 4.63. The minimum atomic E-state index is -0.640. The summed E-state index contributed by atoms with van der Waals surface area (Å²) in [5.74, 6) is -0.184. The van der Waals surface area contributed by atoms with Crippen LogP contribution in [0.15, 0.2) is 35.9 Å². The predicted molar refractivity (Wildman–Crippen MR) is 78.8 cm³/mol. The number of ether oxygens (including phenoxy) is 1. The number of carbonyl (C=O) groups excluding carboxylic acids is 2. The Morgan fingerprint density at radius 2 is 2.05 bits per heavy atom. The van der Waals surface area contributed by atoms with E-state index in [1.807, 2.05) is 24.3 Å². The average molecular weight is 288 g/mol. The molecule has 112 valence electrons. The third kappa shape index (κ3) is 4.26. The van der Waals surface area contributed by atoms with Crippen molar-refractivity contribution in [1.29, 1.82) is 0 Å². The first kappa shape index (κ1) is 15.4. The van der Waals surface area contributed by atoms with E-state index in [1.165, 1.54) is 7.11 Å². The highest BCUT2D eigenvalue weighted by molar-refractivity contribution is 5.98. The normalized spacial score (nSPS) is 17.7. The quantitative estimate of drug-likeness (QED) is 0.813. The molecule has 0 radical (unpaired) electrons. The van der Waals surface area contributed by atoms with Gasteiger partial charge in [-0.2, -0.15) is 0 Å². The number of benzene rings is 1. The Hall–Kier alpha value is -1.94. The zero-order valence-electron chi connectivity index (χ0n) is 12.2. The van der Waals surface area contributed by atoms with Gasteiger partial charge >= 0.3 is 5.97 Å². The van der Waals surface area contributed by atoms with Gasteiger partial charge < -0.3 is 9.84 Å². The summed E-state index contributed by atoms with van der Waals surface area (Å²) in [5.41, 5.74) is 2.90. The molecule has 4 heteroatoms. The van der Waals surface area contributed by atoms with Crippen molar-refractivity contribution in [3.63, 3.8) is 0 Å². The maximum absolute atomic E-state index is 11.8. The Morgan fingerprint density at radius 1 is 1.33 bits per heavy atom. The number of aliphatic hydroxyl groups is 1. The molecule has 1 unspecified atom stereocenters. The predicted octanol–water partition coefficient (Wildman–Crippen LogP) is 1.98. The van der Waals surface area contributed by atoms with E-state index < -0.39 is 6.10 Å². The minimum absolute atomic E-state index is 0.0202. The average Bonchev–Trinajstić information content (AvgIpc) is 2.78. The number of allylic oxidation sites excluding steroid dienone is 1. The Morgan fingerprint density at radius 3 is 2.67 bits per heavy atom. The van der Waals surface area contributed by atoms with Crippen molar-refractivity contribution in [3.8, 4) is 0 Å². The van der Waals surface area contributed by atoms with E-state index in [0.717, 1.165) is 24.0 Å². The van der Waals surface area contributed by atoms with Gasteiger partial charge in [0.05, 0.1) is 13.2 Å². The molecular formula is C17H20O4. The van der Waals surface area contributed by atoms with Crippen LogP contribution in [0.3, 0.4) is 0 Å². The van der Waals surface area contributed by atoms with Gasteiger partial charge in [-0.3, -0.25) is 9.59 Å². The van der Waals surface area contributed by atoms with Gasteiger partial charge in [-0.15, -0.1) is 0 Å². The number of aliphatic hydroxyl groups excluding tert-OH is 1. The molecule has 0 spiro atoms. The van der Waals surface area contributed by atoms with Gasteiger partial charge in [-0.1, -0.05) is 24.3 Å². The second-order valence-corrected chi connectivity index (χ2v) is 5.26. The third-order valence-corrected chi connectivity index (χ3v) is 3.70. The number of hydrogen-bond acceptors (Lipinski definition) is 4. The van der Waals surface area contributed by atoms with Crippen molar-refractivity contribution in [3.05, 3.63) is 47.0 Å². The van der Waals surface area contributed by atoms with Crippen molar-refractivity contribution in [2.75, 3.05) is 7.11 Å². The molecule has 0 heterocycles. The molecule has 1 N–H and O–H groups in total. The van der Waals surface area contributed by atoms with E-state index in [0.29, 0.717) is 18.4 Å². The van der Waals surface area contributed by atoms with Crippen molar-refractivity contribution in [1.82, 2.24) is 0 Å². The second-order valence-electron chi connectivity index (χ2n) is 5.26. The van der Waals surface area contributed by atoms with Gasteiger partial charge in [-0.25, -0.2) is 0 Å². The van der Waals surface area contributed by atoms with Gasteiger partial charge in [-0.05, 0) is 35.6 Å². The van der Waals surface area contributed by atoms with E-state index in [9.17, 15) is 14.7 Å². The maximum Gasteiger partial charge on any atom is 0.305 e. The Bertz CT molecular complexity index is 560. The van der Waals surface area contributed by atoms with Crippen molar-refractivity contribution in [2.45, 2.75) is 38.2 Å². The van der Waals surface area contributed by atoms with Crippen LogP contribution >= 0.6 is 0 Å². The lowest BCUT2D eigenvalue weighted by atomic mass is 9.96. The van der Waals surface area contributed by atoms with Crippen LogP contribution in [0.2, 0.25) is 0 Å². The summed E-state index contributed by atoms with van der Waals surface area (Å²) in [7, 11) is 1.39. The van der Waals surface area contributed by atoms with E-state index in [4.69, 9.17) is 0 Å². The zero-order chi connectivity index (χ0) is 15.2. The maximum atomic E-state index is 11.8. The number of esters is 1. The number of rotatable bonds is 6. The monoisotopic (exact) mass is 288 g/mol. The molecule has 0 fully saturated rings. The standard InChI is InChI=1S/C17H20O4/c1-21-17(20)8-4-7-12-5-2-3-6-13(12)9-14-10-15(18)11-16(14)19/h2-3,5-6,10,15,18H,4,7-9,11H2,1H3. The number of carbonyl (C=O) groups is 2. The molecule has 1 aromatic rings. The topological polar surface area (TPSA) is 63.6 Å². The molecule has 4 nitrogen and oxygen atoms in total. The molecule has 0 bridgehead atoms. The Balaban J connectivity index is 2.02. The molecule has 2 rings (SSSR count). The third-order valence-electron chi connectivity index (χ3n) is 3.70. The lowest BCUT2D eigenvalue weighted by molar-refractivity contribution is -0.140. The fourth-order valence-corrected chi connectivity index (χ4v) is 2.57. The fraction of sp³-hybridized carbons (Fsp3) is 0.412. The summed E-state index contributed by atoms with van der Waals surface area (Å²) >= 11 is 0. The van der Waals surface area contributed by atoms with E-state index in [-0.39, 0.29) is 18.2 Å². The lowest BCUT2D eigenvalue weighted by Crippen LogP contribution is -2.05. The number of methoxy groups -OCH3 is 1. The molecule has 0 amide bonds. The second kappa shape index (κ2) is 7.18. The van der Waals surface area contributed by atoms with Crippen LogP contribution in [0.1, 0.15) is 30.4 Å². The van der Waals surface area contributed by atoms with Crippen LogP contribution < -0.4 is 0 Å². The molecule has 0 aromatic heterocycles. The first-order valence-corrected chi connectivity index (χ1v) is 7.15. The van der Waals surface area contributed by atoms with Crippen LogP contribution in [-0.2, 0) is 27.2 Å². The summed E-state index contributed by atoms with van der Waals surface area (Å²) in [4.78, 5) is 22.9. The van der Waals surface area contributed by atoms with Crippen molar-refractivity contribution in [2.24, 2.45) is 0 Å². The number of aryl methyl sites for hydroxylation is 1. The van der Waals surface area contributed by atoms with Crippen LogP contribution in [-0.4, -0.2) is 30.1 Å². The van der Waals surface area contributed by atoms with Gasteiger partial charge in [0.25, 0.3) is 0 Å². The highest BCUT2D eigenvalue weighted by atomic mass is 16.5. The number of ketones is 1. The van der Waals surface area contributed by atoms with Gasteiger partial charge in [0.2, 0.25) is 0 Å². The molecule has 21 heavy (non-hydrogen) atoms. The van der Waals surface area contributed by atoms with Crippen LogP contribution in [0.25, 0.3) is 0 Å². The molecule has 0 aliphatic heterocycles. The summed E-state index contributed by atoms with van der Waals surface area (Å²) in [6.07, 6.45) is 3.64. The van der Waals surface area contributed by atoms with Gasteiger partial charge in [0, 0.05) is 19.3 Å². The van der Waals surface area contributed by atoms with Gasteiger partial charge in [0.1, 0.15) is 0 Å². The van der Waals surface area contributed by atoms with E-state index >= 15 is 0 Å². The summed E-state index contributed by atoms with van der Waals surface area (Å²) in [6, 6.07) is 7.90. The first-order valence-electron chi connectivity index (χ1n) is 7.15. The van der Waals surface area contributed by atoms with Crippen LogP contribution in [0.4, 0.5) is 0 Å². The Labute approximate surface area is 124 Å². The first-order chi connectivity index (χ1) is 10.1. The van der Waals surface area contributed by atoms with Gasteiger partial charge in [0.15, 0.2) is 5.78 Å². The summed E-state index contributed by atoms with van der Waals surface area (Å²) in [6.45, 7) is 0. The van der Waals surface area contributed by atoms with E-state index in [1.54, 1.807) is 6.08 Å². The molecule has 1 aromatic carbocycles. The molecule has 1 atom stereocenters. The zero-order valence-corrected chi connectivity index (χ0v) is 12.2.